The molecule has 3 heterocycles. The maximum atomic E-state index is 13.6. The van der Waals surface area contributed by atoms with Gasteiger partial charge < -0.3 is 5.73 Å². The van der Waals surface area contributed by atoms with Gasteiger partial charge in [0, 0.05) is 44.8 Å². The highest BCUT2D eigenvalue weighted by molar-refractivity contribution is 5.20. The zero-order chi connectivity index (χ0) is 13.4. The Kier molecular flexibility index (Phi) is 3.52. The molecule has 0 saturated carbocycles. The van der Waals surface area contributed by atoms with Gasteiger partial charge in [-0.05, 0) is 30.2 Å². The number of benzene rings is 1. The van der Waals surface area contributed by atoms with Crippen molar-refractivity contribution in [2.75, 3.05) is 32.7 Å². The lowest BCUT2D eigenvalue weighted by molar-refractivity contribution is 0.00249. The van der Waals surface area contributed by atoms with E-state index in [1.807, 2.05) is 0 Å². The molecular weight excluding hydrogens is 248 g/mol. The van der Waals surface area contributed by atoms with Gasteiger partial charge >= 0.3 is 0 Å². The molecule has 2 N–H and O–H groups in total. The van der Waals surface area contributed by atoms with Crippen LogP contribution >= 0.6 is 0 Å². The van der Waals surface area contributed by atoms with E-state index in [1.165, 1.54) is 12.1 Å². The first kappa shape index (κ1) is 13.0. The van der Waals surface area contributed by atoms with Gasteiger partial charge in [0.25, 0.3) is 0 Å². The van der Waals surface area contributed by atoms with E-state index in [4.69, 9.17) is 5.73 Å². The first-order valence-electron chi connectivity index (χ1n) is 6.79. The molecule has 19 heavy (non-hydrogen) atoms. The molecule has 0 amide bonds. The Morgan fingerprint density at radius 2 is 1.95 bits per heavy atom. The lowest BCUT2D eigenvalue weighted by Crippen LogP contribution is -2.66. The molecule has 0 aromatic heterocycles. The summed E-state index contributed by atoms with van der Waals surface area (Å²) in [5, 5.41) is 0. The van der Waals surface area contributed by atoms with Crippen molar-refractivity contribution in [3.63, 3.8) is 0 Å². The molecule has 2 unspecified atom stereocenters. The molecule has 2 bridgehead atoms. The zero-order valence-electron chi connectivity index (χ0n) is 10.9. The fourth-order valence-electron chi connectivity index (χ4n) is 3.15. The van der Waals surface area contributed by atoms with Gasteiger partial charge in [0.1, 0.15) is 11.6 Å². The Balaban J connectivity index is 1.71. The van der Waals surface area contributed by atoms with Gasteiger partial charge in [-0.2, -0.15) is 0 Å². The second kappa shape index (κ2) is 5.15. The summed E-state index contributed by atoms with van der Waals surface area (Å²) < 4.78 is 26.8. The molecule has 3 aliphatic rings. The predicted molar refractivity (Wildman–Crippen MR) is 69.8 cm³/mol. The predicted octanol–water partition coefficient (Wildman–Crippen LogP) is 0.834. The largest absolute Gasteiger partial charge is 0.326 e. The summed E-state index contributed by atoms with van der Waals surface area (Å²) in [4.78, 5) is 4.77. The molecular formula is C14H19F2N3. The van der Waals surface area contributed by atoms with Crippen molar-refractivity contribution < 1.29 is 8.78 Å². The second-order valence-electron chi connectivity index (χ2n) is 5.51. The maximum Gasteiger partial charge on any atom is 0.126 e. The molecule has 0 radical (unpaired) electrons. The number of halogens is 2. The van der Waals surface area contributed by atoms with Crippen LogP contribution in [0.25, 0.3) is 0 Å². The minimum atomic E-state index is -0.405. The van der Waals surface area contributed by atoms with Gasteiger partial charge in [-0.1, -0.05) is 0 Å². The Morgan fingerprint density at radius 3 is 2.58 bits per heavy atom. The molecule has 3 fully saturated rings. The Bertz CT molecular complexity index is 458. The molecule has 3 aliphatic heterocycles. The van der Waals surface area contributed by atoms with Crippen LogP contribution < -0.4 is 5.73 Å². The van der Waals surface area contributed by atoms with Crippen LogP contribution in [0.4, 0.5) is 8.78 Å². The average molecular weight is 267 g/mol. The monoisotopic (exact) mass is 267 g/mol. The fourth-order valence-corrected chi connectivity index (χ4v) is 3.15. The standard InChI is InChI=1S/C14H19F2N3/c15-11-1-2-12(16)10(7-11)8-13(17)14-9-18-3-5-19(14)6-4-18/h1-2,7,13-14H,3-6,8-9,17H2. The first-order valence-corrected chi connectivity index (χ1v) is 6.79. The van der Waals surface area contributed by atoms with Crippen molar-refractivity contribution >= 4 is 0 Å². The van der Waals surface area contributed by atoms with E-state index in [1.54, 1.807) is 0 Å². The van der Waals surface area contributed by atoms with Gasteiger partial charge in [0.05, 0.1) is 0 Å². The Hall–Kier alpha value is -1.04. The molecule has 0 spiro atoms. The molecule has 5 heteroatoms. The van der Waals surface area contributed by atoms with E-state index in [-0.39, 0.29) is 17.9 Å². The van der Waals surface area contributed by atoms with Crippen LogP contribution in [-0.4, -0.2) is 54.6 Å². The molecule has 4 rings (SSSR count). The number of hydrogen-bond donors (Lipinski definition) is 1. The molecule has 1 aromatic carbocycles. The van der Waals surface area contributed by atoms with E-state index < -0.39 is 5.82 Å². The molecule has 3 nitrogen and oxygen atoms in total. The molecule has 104 valence electrons. The van der Waals surface area contributed by atoms with Crippen LogP contribution in [0.1, 0.15) is 5.56 Å². The summed E-state index contributed by atoms with van der Waals surface area (Å²) in [5.41, 5.74) is 6.61. The van der Waals surface area contributed by atoms with Gasteiger partial charge in [0.2, 0.25) is 0 Å². The van der Waals surface area contributed by atoms with Crippen LogP contribution in [-0.2, 0) is 6.42 Å². The summed E-state index contributed by atoms with van der Waals surface area (Å²) in [6.07, 6.45) is 0.388. The molecule has 0 aliphatic carbocycles. The van der Waals surface area contributed by atoms with Gasteiger partial charge in [-0.25, -0.2) is 8.78 Å². The van der Waals surface area contributed by atoms with Crippen LogP contribution in [0.3, 0.4) is 0 Å². The summed E-state index contributed by atoms with van der Waals surface area (Å²) in [7, 11) is 0. The zero-order valence-corrected chi connectivity index (χ0v) is 10.9. The van der Waals surface area contributed by atoms with Gasteiger partial charge in [-0.15, -0.1) is 0 Å². The van der Waals surface area contributed by atoms with E-state index in [0.29, 0.717) is 12.0 Å². The number of fused-ring (bicyclic) bond motifs is 3. The third kappa shape index (κ3) is 2.63. The normalized spacial score (nSPS) is 31.4. The van der Waals surface area contributed by atoms with Crippen molar-refractivity contribution in [1.29, 1.82) is 0 Å². The summed E-state index contributed by atoms with van der Waals surface area (Å²) in [5.74, 6) is -0.772. The second-order valence-corrected chi connectivity index (χ2v) is 5.51. The highest BCUT2D eigenvalue weighted by Crippen LogP contribution is 2.20. The highest BCUT2D eigenvalue weighted by Gasteiger charge is 2.35. The topological polar surface area (TPSA) is 32.5 Å². The third-order valence-corrected chi connectivity index (χ3v) is 4.28. The van der Waals surface area contributed by atoms with Gasteiger partial charge in [-0.3, -0.25) is 9.80 Å². The SMILES string of the molecule is NC(Cc1cc(F)ccc1F)C1CN2CCN1CC2. The molecule has 3 saturated heterocycles. The quantitative estimate of drug-likeness (QED) is 0.880. The van der Waals surface area contributed by atoms with E-state index in [9.17, 15) is 8.78 Å². The first-order chi connectivity index (χ1) is 9.13. The van der Waals surface area contributed by atoms with E-state index in [0.717, 1.165) is 38.8 Å². The van der Waals surface area contributed by atoms with Crippen LogP contribution in [0.2, 0.25) is 0 Å². The number of piperazine rings is 3. The van der Waals surface area contributed by atoms with E-state index in [2.05, 4.69) is 9.80 Å². The van der Waals surface area contributed by atoms with Crippen molar-refractivity contribution in [3.05, 3.63) is 35.4 Å². The van der Waals surface area contributed by atoms with Crippen LogP contribution in [0.5, 0.6) is 0 Å². The Labute approximate surface area is 112 Å². The number of nitrogens with two attached hydrogens (primary N) is 1. The number of rotatable bonds is 3. The minimum absolute atomic E-state index is 0.153. The average Bonchev–Trinajstić information content (AvgIpc) is 2.44. The van der Waals surface area contributed by atoms with Crippen molar-refractivity contribution in [3.8, 4) is 0 Å². The number of nitrogens with zero attached hydrogens (tertiary/aromatic N) is 2. The number of hydrogen-bond acceptors (Lipinski definition) is 3. The Morgan fingerprint density at radius 1 is 1.21 bits per heavy atom. The summed E-state index contributed by atoms with van der Waals surface area (Å²) >= 11 is 0. The van der Waals surface area contributed by atoms with Gasteiger partial charge in [0.15, 0.2) is 0 Å². The van der Waals surface area contributed by atoms with E-state index >= 15 is 0 Å². The van der Waals surface area contributed by atoms with Crippen molar-refractivity contribution in [2.24, 2.45) is 5.73 Å². The lowest BCUT2D eigenvalue weighted by atomic mass is 9.95. The van der Waals surface area contributed by atoms with Crippen molar-refractivity contribution in [1.82, 2.24) is 9.80 Å². The minimum Gasteiger partial charge on any atom is -0.326 e. The molecule has 1 aromatic rings. The lowest BCUT2D eigenvalue weighted by Gasteiger charge is -2.49. The highest BCUT2D eigenvalue weighted by atomic mass is 19.1. The third-order valence-electron chi connectivity index (χ3n) is 4.28. The summed E-state index contributed by atoms with van der Waals surface area (Å²) in [6.45, 7) is 5.20. The summed E-state index contributed by atoms with van der Waals surface area (Å²) in [6, 6.07) is 3.67. The maximum absolute atomic E-state index is 13.6. The smallest absolute Gasteiger partial charge is 0.126 e. The van der Waals surface area contributed by atoms with Crippen LogP contribution in [0, 0.1) is 11.6 Å². The molecule has 2 atom stereocenters. The van der Waals surface area contributed by atoms with Crippen molar-refractivity contribution in [2.45, 2.75) is 18.5 Å². The fraction of sp³-hybridized carbons (Fsp3) is 0.571. The van der Waals surface area contributed by atoms with Crippen LogP contribution in [0.15, 0.2) is 18.2 Å².